The zero-order chi connectivity index (χ0) is 16.8. The van der Waals surface area contributed by atoms with Gasteiger partial charge < -0.3 is 9.84 Å². The molecule has 0 aliphatic heterocycles. The molecule has 1 aliphatic rings. The Morgan fingerprint density at radius 1 is 1.29 bits per heavy atom. The summed E-state index contributed by atoms with van der Waals surface area (Å²) in [5.41, 5.74) is 4.42. The molecule has 24 heavy (non-hydrogen) atoms. The monoisotopic (exact) mass is 385 g/mol. The van der Waals surface area contributed by atoms with Crippen molar-refractivity contribution in [2.45, 2.75) is 32.6 Å². The zero-order valence-corrected chi connectivity index (χ0v) is 15.0. The summed E-state index contributed by atoms with van der Waals surface area (Å²) >= 11 is 3.47. The molecule has 1 aromatic carbocycles. The molecule has 6 heteroatoms. The molecule has 2 heterocycles. The Hall–Kier alpha value is -2.21. The van der Waals surface area contributed by atoms with Crippen molar-refractivity contribution in [1.82, 2.24) is 10.1 Å². The quantitative estimate of drug-likeness (QED) is 0.707. The summed E-state index contributed by atoms with van der Waals surface area (Å²) in [7, 11) is 0. The molecule has 0 unspecified atom stereocenters. The van der Waals surface area contributed by atoms with Gasteiger partial charge >= 0.3 is 0 Å². The van der Waals surface area contributed by atoms with Gasteiger partial charge in [-0.15, -0.1) is 0 Å². The molecule has 0 spiro atoms. The van der Waals surface area contributed by atoms with Gasteiger partial charge in [-0.2, -0.15) is 0 Å². The summed E-state index contributed by atoms with van der Waals surface area (Å²) in [6.45, 7) is 3.81. The molecule has 4 rings (SSSR count). The average molecular weight is 386 g/mol. The van der Waals surface area contributed by atoms with Gasteiger partial charge in [0, 0.05) is 21.8 Å². The summed E-state index contributed by atoms with van der Waals surface area (Å²) in [6, 6.07) is 7.61. The molecule has 122 valence electrons. The fraction of sp³-hybridized carbons (Fsp3) is 0.278. The largest absolute Gasteiger partial charge is 0.336 e. The number of nitrogens with zero attached hydrogens (tertiary/aromatic N) is 2. The van der Waals surface area contributed by atoms with Gasteiger partial charge in [-0.25, -0.2) is 4.98 Å². The predicted octanol–water partition coefficient (Wildman–Crippen LogP) is 4.73. The van der Waals surface area contributed by atoms with Crippen LogP contribution < -0.4 is 5.32 Å². The lowest BCUT2D eigenvalue weighted by Gasteiger charge is -2.09. The molecular weight excluding hydrogens is 370 g/mol. The van der Waals surface area contributed by atoms with Crippen LogP contribution in [-0.2, 0) is 0 Å². The van der Waals surface area contributed by atoms with E-state index in [1.165, 1.54) is 0 Å². The number of aryl methyl sites for hydroxylation is 2. The van der Waals surface area contributed by atoms with Crippen molar-refractivity contribution in [3.63, 3.8) is 0 Å². The Labute approximate surface area is 147 Å². The summed E-state index contributed by atoms with van der Waals surface area (Å²) in [5.74, 6) is 0.263. The van der Waals surface area contributed by atoms with Crippen LogP contribution >= 0.6 is 15.9 Å². The van der Waals surface area contributed by atoms with Crippen molar-refractivity contribution in [1.29, 1.82) is 0 Å². The molecule has 0 atom stereocenters. The van der Waals surface area contributed by atoms with Gasteiger partial charge in [-0.1, -0.05) is 21.1 Å². The third-order valence-corrected chi connectivity index (χ3v) is 5.18. The second kappa shape index (κ2) is 5.70. The van der Waals surface area contributed by atoms with Crippen LogP contribution in [0.15, 0.2) is 33.3 Å². The van der Waals surface area contributed by atoms with Gasteiger partial charge in [0.15, 0.2) is 0 Å². The van der Waals surface area contributed by atoms with Gasteiger partial charge in [-0.3, -0.25) is 4.79 Å². The normalized spacial score (nSPS) is 14.1. The van der Waals surface area contributed by atoms with E-state index in [0.29, 0.717) is 28.3 Å². The van der Waals surface area contributed by atoms with Crippen LogP contribution in [0.1, 0.15) is 46.1 Å². The molecular formula is C18H16BrN3O2. The van der Waals surface area contributed by atoms with Crippen molar-refractivity contribution in [2.75, 3.05) is 5.32 Å². The van der Waals surface area contributed by atoms with Crippen molar-refractivity contribution >= 4 is 38.6 Å². The van der Waals surface area contributed by atoms with Gasteiger partial charge in [0.05, 0.1) is 16.6 Å². The van der Waals surface area contributed by atoms with Crippen LogP contribution in [0.25, 0.3) is 11.1 Å². The first-order valence-corrected chi connectivity index (χ1v) is 8.66. The van der Waals surface area contributed by atoms with E-state index in [1.807, 2.05) is 38.1 Å². The molecule has 0 bridgehead atoms. The number of hydrogen-bond donors (Lipinski definition) is 1. The number of carbonyl (C=O) groups excluding carboxylic acids is 1. The SMILES string of the molecule is Cc1cc(NC(=O)c2cc(C3CC3)nc3onc(C)c23)ccc1Br. The van der Waals surface area contributed by atoms with E-state index >= 15 is 0 Å². The number of halogens is 1. The minimum absolute atomic E-state index is 0.169. The number of pyridine rings is 1. The highest BCUT2D eigenvalue weighted by molar-refractivity contribution is 9.10. The fourth-order valence-corrected chi connectivity index (χ4v) is 3.05. The third-order valence-electron chi connectivity index (χ3n) is 4.29. The number of rotatable bonds is 3. The first kappa shape index (κ1) is 15.3. The van der Waals surface area contributed by atoms with Crippen molar-refractivity contribution in [3.8, 4) is 0 Å². The smallest absolute Gasteiger partial charge is 0.259 e. The van der Waals surface area contributed by atoms with E-state index in [0.717, 1.165) is 34.3 Å². The first-order valence-electron chi connectivity index (χ1n) is 7.87. The van der Waals surface area contributed by atoms with Crippen molar-refractivity contribution in [3.05, 3.63) is 51.3 Å². The van der Waals surface area contributed by atoms with Crippen LogP contribution in [0.4, 0.5) is 5.69 Å². The minimum atomic E-state index is -0.169. The predicted molar refractivity (Wildman–Crippen MR) is 95.3 cm³/mol. The van der Waals surface area contributed by atoms with Crippen LogP contribution in [0, 0.1) is 13.8 Å². The number of anilines is 1. The molecule has 1 amide bonds. The first-order chi connectivity index (χ1) is 11.5. The summed E-state index contributed by atoms with van der Waals surface area (Å²) in [5, 5.41) is 7.62. The van der Waals surface area contributed by atoms with Crippen LogP contribution in [0.3, 0.4) is 0 Å². The van der Waals surface area contributed by atoms with Crippen molar-refractivity contribution in [2.24, 2.45) is 0 Å². The Kier molecular flexibility index (Phi) is 3.64. The molecule has 1 aliphatic carbocycles. The Morgan fingerprint density at radius 2 is 2.08 bits per heavy atom. The lowest BCUT2D eigenvalue weighted by molar-refractivity contribution is 0.102. The molecule has 1 saturated carbocycles. The summed E-state index contributed by atoms with van der Waals surface area (Å²) < 4.78 is 6.31. The summed E-state index contributed by atoms with van der Waals surface area (Å²) in [6.07, 6.45) is 2.22. The number of hydrogen-bond acceptors (Lipinski definition) is 4. The zero-order valence-electron chi connectivity index (χ0n) is 13.4. The maximum Gasteiger partial charge on any atom is 0.259 e. The number of benzene rings is 1. The van der Waals surface area contributed by atoms with E-state index in [1.54, 1.807) is 0 Å². The molecule has 1 fully saturated rings. The number of aromatic nitrogens is 2. The lowest BCUT2D eigenvalue weighted by atomic mass is 10.1. The topological polar surface area (TPSA) is 68.0 Å². The standard InChI is InChI=1S/C18H16BrN3O2/c1-9-7-12(5-6-14(9)19)20-17(23)13-8-15(11-3-4-11)21-18-16(13)10(2)22-24-18/h5-8,11H,3-4H2,1-2H3,(H,20,23). The van der Waals surface area contributed by atoms with Gasteiger partial charge in [-0.05, 0) is 56.5 Å². The van der Waals surface area contributed by atoms with Gasteiger partial charge in [0.2, 0.25) is 0 Å². The van der Waals surface area contributed by atoms with E-state index in [9.17, 15) is 4.79 Å². The van der Waals surface area contributed by atoms with E-state index < -0.39 is 0 Å². The van der Waals surface area contributed by atoms with E-state index in [2.05, 4.69) is 31.4 Å². The third kappa shape index (κ3) is 2.71. The number of amides is 1. The van der Waals surface area contributed by atoms with Gasteiger partial charge in [0.25, 0.3) is 11.6 Å². The van der Waals surface area contributed by atoms with Crippen LogP contribution in [-0.4, -0.2) is 16.0 Å². The van der Waals surface area contributed by atoms with Gasteiger partial charge in [0.1, 0.15) is 0 Å². The second-order valence-corrected chi connectivity index (χ2v) is 7.09. The van der Waals surface area contributed by atoms with E-state index in [4.69, 9.17) is 4.52 Å². The van der Waals surface area contributed by atoms with Crippen molar-refractivity contribution < 1.29 is 9.32 Å². The van der Waals surface area contributed by atoms with Crippen LogP contribution in [0.5, 0.6) is 0 Å². The fourth-order valence-electron chi connectivity index (χ4n) is 2.80. The molecule has 3 aromatic rings. The summed E-state index contributed by atoms with van der Waals surface area (Å²) in [4.78, 5) is 17.4. The Bertz CT molecular complexity index is 960. The molecule has 1 N–H and O–H groups in total. The lowest BCUT2D eigenvalue weighted by Crippen LogP contribution is -2.13. The maximum atomic E-state index is 12.8. The highest BCUT2D eigenvalue weighted by Gasteiger charge is 2.28. The molecule has 0 saturated heterocycles. The van der Waals surface area contributed by atoms with Crippen LogP contribution in [0.2, 0.25) is 0 Å². The number of carbonyl (C=O) groups is 1. The Balaban J connectivity index is 1.75. The minimum Gasteiger partial charge on any atom is -0.336 e. The highest BCUT2D eigenvalue weighted by Crippen LogP contribution is 2.40. The molecule has 5 nitrogen and oxygen atoms in total. The number of nitrogens with one attached hydrogen (secondary N) is 1. The number of fused-ring (bicyclic) bond motifs is 1. The Morgan fingerprint density at radius 3 is 2.79 bits per heavy atom. The average Bonchev–Trinajstić information content (AvgIpc) is 3.34. The maximum absolute atomic E-state index is 12.8. The molecule has 0 radical (unpaired) electrons. The second-order valence-electron chi connectivity index (χ2n) is 6.24. The highest BCUT2D eigenvalue weighted by atomic mass is 79.9. The molecule has 2 aromatic heterocycles. The van der Waals surface area contributed by atoms with E-state index in [-0.39, 0.29) is 5.91 Å².